The molecule has 0 N–H and O–H groups in total. The smallest absolute Gasteiger partial charge is 0.227 e. The van der Waals surface area contributed by atoms with Gasteiger partial charge in [0.05, 0.1) is 5.39 Å². The summed E-state index contributed by atoms with van der Waals surface area (Å²) < 4.78 is 2.01. The lowest BCUT2D eigenvalue weighted by atomic mass is 10.1. The fraction of sp³-hybridized carbons (Fsp3) is 0.100. The van der Waals surface area contributed by atoms with Crippen molar-refractivity contribution < 1.29 is 9.36 Å². The van der Waals surface area contributed by atoms with E-state index in [0.29, 0.717) is 6.54 Å². The molecule has 0 atom stereocenters. The van der Waals surface area contributed by atoms with E-state index in [9.17, 15) is 4.79 Å². The standard InChI is InChI=1S/C20H18NO/c1-2-8-19-18-12-7-6-9-16(18)13-14-21(19)15-20(22)17-10-4-3-5-11-17/h2-14H,15H2,1H3/q+1. The SMILES string of the molecule is CC=Cc1c2ccccc2cc[n+]1CC(=O)c1ccccc1. The summed E-state index contributed by atoms with van der Waals surface area (Å²) in [5, 5.41) is 2.34. The number of Topliss-reactive ketones (excluding diaryl/α,β-unsaturated/α-hetero) is 1. The van der Waals surface area contributed by atoms with E-state index in [1.165, 1.54) is 5.39 Å². The van der Waals surface area contributed by atoms with E-state index >= 15 is 0 Å². The van der Waals surface area contributed by atoms with Crippen LogP contribution in [-0.4, -0.2) is 5.78 Å². The summed E-state index contributed by atoms with van der Waals surface area (Å²) in [6.07, 6.45) is 6.05. The zero-order valence-electron chi connectivity index (χ0n) is 12.6. The molecular formula is C20H18NO+. The van der Waals surface area contributed by atoms with E-state index in [1.54, 1.807) is 0 Å². The normalized spacial score (nSPS) is 11.1. The molecule has 0 amide bonds. The van der Waals surface area contributed by atoms with Crippen molar-refractivity contribution in [2.45, 2.75) is 13.5 Å². The van der Waals surface area contributed by atoms with Crippen LogP contribution in [0.15, 0.2) is 72.9 Å². The lowest BCUT2D eigenvalue weighted by Gasteiger charge is -2.04. The Morgan fingerprint density at radius 2 is 1.73 bits per heavy atom. The topological polar surface area (TPSA) is 20.9 Å². The van der Waals surface area contributed by atoms with Gasteiger partial charge in [0.25, 0.3) is 0 Å². The second-order valence-electron chi connectivity index (χ2n) is 5.21. The second kappa shape index (κ2) is 6.35. The molecule has 2 heteroatoms. The summed E-state index contributed by atoms with van der Waals surface area (Å²) in [6, 6.07) is 19.7. The number of allylic oxidation sites excluding steroid dienone is 1. The highest BCUT2D eigenvalue weighted by molar-refractivity contribution is 5.95. The molecular weight excluding hydrogens is 270 g/mol. The summed E-state index contributed by atoms with van der Waals surface area (Å²) in [5.41, 5.74) is 1.81. The fourth-order valence-electron chi connectivity index (χ4n) is 2.63. The van der Waals surface area contributed by atoms with Gasteiger partial charge in [0.1, 0.15) is 0 Å². The van der Waals surface area contributed by atoms with Crippen molar-refractivity contribution in [1.82, 2.24) is 0 Å². The molecule has 0 saturated heterocycles. The highest BCUT2D eigenvalue weighted by atomic mass is 16.1. The first kappa shape index (κ1) is 14.2. The van der Waals surface area contributed by atoms with Crippen molar-refractivity contribution >= 4 is 22.6 Å². The van der Waals surface area contributed by atoms with E-state index in [2.05, 4.69) is 24.3 Å². The fourth-order valence-corrected chi connectivity index (χ4v) is 2.63. The molecule has 0 bridgehead atoms. The van der Waals surface area contributed by atoms with Crippen molar-refractivity contribution in [3.63, 3.8) is 0 Å². The van der Waals surface area contributed by atoms with Crippen LogP contribution in [0.25, 0.3) is 16.8 Å². The molecule has 2 aromatic carbocycles. The van der Waals surface area contributed by atoms with Gasteiger partial charge in [-0.2, -0.15) is 4.57 Å². The lowest BCUT2D eigenvalue weighted by molar-refractivity contribution is -0.683. The molecule has 2 nitrogen and oxygen atoms in total. The average Bonchev–Trinajstić information content (AvgIpc) is 2.58. The van der Waals surface area contributed by atoms with Crippen molar-refractivity contribution in [2.75, 3.05) is 0 Å². The first-order valence-corrected chi connectivity index (χ1v) is 7.42. The Balaban J connectivity index is 2.03. The number of hydrogen-bond acceptors (Lipinski definition) is 1. The molecule has 3 rings (SSSR count). The molecule has 3 aromatic rings. The van der Waals surface area contributed by atoms with E-state index < -0.39 is 0 Å². The molecule has 0 spiro atoms. The van der Waals surface area contributed by atoms with E-state index in [-0.39, 0.29) is 5.78 Å². The third kappa shape index (κ3) is 2.82. The minimum absolute atomic E-state index is 0.117. The highest BCUT2D eigenvalue weighted by Crippen LogP contribution is 2.16. The van der Waals surface area contributed by atoms with Crippen molar-refractivity contribution in [1.29, 1.82) is 0 Å². The molecule has 0 aliphatic rings. The van der Waals surface area contributed by atoms with Crippen LogP contribution in [0, 0.1) is 0 Å². The van der Waals surface area contributed by atoms with Crippen LogP contribution in [0.5, 0.6) is 0 Å². The summed E-state index contributed by atoms with van der Waals surface area (Å²) >= 11 is 0. The number of carbonyl (C=O) groups excluding carboxylic acids is 1. The van der Waals surface area contributed by atoms with Gasteiger partial charge in [0.2, 0.25) is 18.0 Å². The summed E-state index contributed by atoms with van der Waals surface area (Å²) in [5.74, 6) is 0.117. The Morgan fingerprint density at radius 3 is 2.50 bits per heavy atom. The number of benzene rings is 2. The number of carbonyl (C=O) groups is 1. The van der Waals surface area contributed by atoms with Gasteiger partial charge in [-0.25, -0.2) is 0 Å². The largest absolute Gasteiger partial charge is 0.287 e. The zero-order valence-corrected chi connectivity index (χ0v) is 12.6. The second-order valence-corrected chi connectivity index (χ2v) is 5.21. The Bertz CT molecular complexity index is 835. The molecule has 108 valence electrons. The average molecular weight is 288 g/mol. The summed E-state index contributed by atoms with van der Waals surface area (Å²) in [6.45, 7) is 2.33. The molecule has 0 radical (unpaired) electrons. The van der Waals surface area contributed by atoms with Gasteiger partial charge in [-0.05, 0) is 18.4 Å². The Kier molecular flexibility index (Phi) is 4.10. The Morgan fingerprint density at radius 1 is 1.00 bits per heavy atom. The van der Waals surface area contributed by atoms with E-state index in [4.69, 9.17) is 0 Å². The predicted molar refractivity (Wildman–Crippen MR) is 89.6 cm³/mol. The van der Waals surface area contributed by atoms with Gasteiger partial charge in [0, 0.05) is 17.7 Å². The number of ketones is 1. The Labute approximate surface area is 130 Å². The summed E-state index contributed by atoms with van der Waals surface area (Å²) in [4.78, 5) is 12.5. The van der Waals surface area contributed by atoms with Gasteiger partial charge in [-0.15, -0.1) is 0 Å². The minimum Gasteiger partial charge on any atom is -0.287 e. The molecule has 1 aromatic heterocycles. The van der Waals surface area contributed by atoms with Crippen LogP contribution >= 0.6 is 0 Å². The molecule has 22 heavy (non-hydrogen) atoms. The number of hydrogen-bond donors (Lipinski definition) is 0. The number of fused-ring (bicyclic) bond motifs is 1. The quantitative estimate of drug-likeness (QED) is 0.524. The van der Waals surface area contributed by atoms with Gasteiger partial charge < -0.3 is 0 Å². The molecule has 0 fully saturated rings. The maximum atomic E-state index is 12.5. The Hall–Kier alpha value is -2.74. The van der Waals surface area contributed by atoms with Crippen LogP contribution in [0.3, 0.4) is 0 Å². The molecule has 0 aliphatic carbocycles. The number of aromatic nitrogens is 1. The van der Waals surface area contributed by atoms with E-state index in [0.717, 1.165) is 16.6 Å². The first-order valence-electron chi connectivity index (χ1n) is 7.42. The number of rotatable bonds is 4. The number of nitrogens with zero attached hydrogens (tertiary/aromatic N) is 1. The molecule has 1 heterocycles. The molecule has 0 saturated carbocycles. The summed E-state index contributed by atoms with van der Waals surface area (Å²) in [7, 11) is 0. The van der Waals surface area contributed by atoms with E-state index in [1.807, 2.05) is 66.2 Å². The van der Waals surface area contributed by atoms with Crippen LogP contribution in [0.4, 0.5) is 0 Å². The van der Waals surface area contributed by atoms with Crippen LogP contribution in [-0.2, 0) is 6.54 Å². The highest BCUT2D eigenvalue weighted by Gasteiger charge is 2.17. The predicted octanol–water partition coefficient (Wildman–Crippen LogP) is 4.04. The third-order valence-electron chi connectivity index (χ3n) is 3.71. The molecule has 0 aliphatic heterocycles. The van der Waals surface area contributed by atoms with Gasteiger partial charge in [-0.3, -0.25) is 4.79 Å². The third-order valence-corrected chi connectivity index (χ3v) is 3.71. The minimum atomic E-state index is 0.117. The van der Waals surface area contributed by atoms with Gasteiger partial charge in [0.15, 0.2) is 6.20 Å². The first-order chi connectivity index (χ1) is 10.8. The number of pyridine rings is 1. The lowest BCUT2D eigenvalue weighted by Crippen LogP contribution is -2.40. The van der Waals surface area contributed by atoms with Gasteiger partial charge in [-0.1, -0.05) is 54.6 Å². The maximum Gasteiger partial charge on any atom is 0.227 e. The van der Waals surface area contributed by atoms with Gasteiger partial charge >= 0.3 is 0 Å². The van der Waals surface area contributed by atoms with Crippen molar-refractivity contribution in [3.8, 4) is 0 Å². The molecule has 0 unspecified atom stereocenters. The van der Waals surface area contributed by atoms with Crippen molar-refractivity contribution in [3.05, 3.63) is 84.2 Å². The van der Waals surface area contributed by atoms with Crippen LogP contribution < -0.4 is 4.57 Å². The zero-order chi connectivity index (χ0) is 15.4. The van der Waals surface area contributed by atoms with Crippen molar-refractivity contribution in [2.24, 2.45) is 0 Å². The van der Waals surface area contributed by atoms with Crippen LogP contribution in [0.2, 0.25) is 0 Å². The maximum absolute atomic E-state index is 12.5. The van der Waals surface area contributed by atoms with Crippen LogP contribution in [0.1, 0.15) is 23.0 Å². The monoisotopic (exact) mass is 288 g/mol.